The van der Waals surface area contributed by atoms with E-state index in [1.54, 1.807) is 36.7 Å². The Kier molecular flexibility index (Phi) is 7.83. The zero-order valence-corrected chi connectivity index (χ0v) is 17.9. The van der Waals surface area contributed by atoms with Crippen LogP contribution in [0.5, 0.6) is 34.5 Å². The number of ether oxygens (including phenoxy) is 4. The number of hydrogen-bond acceptors (Lipinski definition) is 8. The maximum absolute atomic E-state index is 9.90. The van der Waals surface area contributed by atoms with E-state index in [1.807, 2.05) is 13.8 Å². The number of benzene rings is 1. The Bertz CT molecular complexity index is 1030. The molecule has 3 rings (SSSR count). The van der Waals surface area contributed by atoms with Crippen LogP contribution in [0.3, 0.4) is 0 Å². The quantitative estimate of drug-likeness (QED) is 0.421. The highest BCUT2D eigenvalue weighted by molar-refractivity contribution is 5.74. The molecule has 0 saturated carbocycles. The number of nitriles is 2. The van der Waals surface area contributed by atoms with E-state index in [0.717, 1.165) is 0 Å². The van der Waals surface area contributed by atoms with Gasteiger partial charge in [0, 0.05) is 12.4 Å². The van der Waals surface area contributed by atoms with Gasteiger partial charge in [0.05, 0.1) is 25.6 Å². The van der Waals surface area contributed by atoms with E-state index in [9.17, 15) is 10.5 Å². The Labute approximate surface area is 186 Å². The predicted molar refractivity (Wildman–Crippen MR) is 116 cm³/mol. The normalized spacial score (nSPS) is 10.0. The molecule has 162 valence electrons. The van der Waals surface area contributed by atoms with Crippen molar-refractivity contribution in [2.24, 2.45) is 0 Å². The Morgan fingerprint density at radius 2 is 1.16 bits per heavy atom. The monoisotopic (exact) mass is 430 g/mol. The fourth-order valence-electron chi connectivity index (χ4n) is 2.79. The van der Waals surface area contributed by atoms with E-state index in [0.29, 0.717) is 37.6 Å². The van der Waals surface area contributed by atoms with Gasteiger partial charge in [-0.1, -0.05) is 13.8 Å². The van der Waals surface area contributed by atoms with E-state index in [2.05, 4.69) is 22.1 Å². The summed E-state index contributed by atoms with van der Waals surface area (Å²) in [7, 11) is 0. The molecule has 0 spiro atoms. The summed E-state index contributed by atoms with van der Waals surface area (Å²) in [5, 5.41) is 19.8. The van der Waals surface area contributed by atoms with Crippen LogP contribution in [0.2, 0.25) is 0 Å². The minimum atomic E-state index is 0.0180. The summed E-state index contributed by atoms with van der Waals surface area (Å²) < 4.78 is 24.0. The summed E-state index contributed by atoms with van der Waals surface area (Å²) in [6, 6.07) is 11.0. The molecule has 0 saturated heterocycles. The van der Waals surface area contributed by atoms with Gasteiger partial charge in [-0.3, -0.25) is 9.97 Å². The first-order valence-corrected chi connectivity index (χ1v) is 10.2. The van der Waals surface area contributed by atoms with Gasteiger partial charge in [0.2, 0.25) is 11.5 Å². The molecule has 8 heteroatoms. The molecule has 2 heterocycles. The van der Waals surface area contributed by atoms with Gasteiger partial charge in [0.1, 0.15) is 34.8 Å². The second kappa shape index (κ2) is 11.2. The van der Waals surface area contributed by atoms with Crippen LogP contribution in [0.15, 0.2) is 49.1 Å². The van der Waals surface area contributed by atoms with Gasteiger partial charge in [0.15, 0.2) is 11.5 Å². The minimum Gasteiger partial charge on any atom is -0.488 e. The fourth-order valence-corrected chi connectivity index (χ4v) is 2.79. The summed E-state index contributed by atoms with van der Waals surface area (Å²) in [5.74, 6) is 1.27. The van der Waals surface area contributed by atoms with E-state index < -0.39 is 0 Å². The molecular weight excluding hydrogens is 408 g/mol. The maximum Gasteiger partial charge on any atom is 0.217 e. The molecule has 2 aromatic heterocycles. The number of rotatable bonds is 10. The summed E-state index contributed by atoms with van der Waals surface area (Å²) in [4.78, 5) is 8.14. The van der Waals surface area contributed by atoms with Crippen molar-refractivity contribution in [1.29, 1.82) is 10.5 Å². The molecule has 0 bridgehead atoms. The summed E-state index contributed by atoms with van der Waals surface area (Å²) in [6.07, 6.45) is 7.65. The highest BCUT2D eigenvalue weighted by Gasteiger charge is 2.30. The first-order chi connectivity index (χ1) is 15.7. The van der Waals surface area contributed by atoms with Gasteiger partial charge in [-0.15, -0.1) is 0 Å². The largest absolute Gasteiger partial charge is 0.488 e. The minimum absolute atomic E-state index is 0.0180. The first-order valence-electron chi connectivity index (χ1n) is 10.2. The van der Waals surface area contributed by atoms with Crippen molar-refractivity contribution in [3.8, 4) is 46.6 Å². The van der Waals surface area contributed by atoms with Gasteiger partial charge in [-0.05, 0) is 37.1 Å². The van der Waals surface area contributed by atoms with Crippen molar-refractivity contribution in [3.05, 3.63) is 60.2 Å². The zero-order chi connectivity index (χ0) is 22.8. The molecule has 0 atom stereocenters. The zero-order valence-electron chi connectivity index (χ0n) is 17.9. The average Bonchev–Trinajstić information content (AvgIpc) is 2.84. The average molecular weight is 430 g/mol. The van der Waals surface area contributed by atoms with Gasteiger partial charge in [-0.2, -0.15) is 10.5 Å². The molecule has 0 N–H and O–H groups in total. The lowest BCUT2D eigenvalue weighted by molar-refractivity contribution is 0.278. The molecule has 0 unspecified atom stereocenters. The second-order valence-electron chi connectivity index (χ2n) is 6.57. The van der Waals surface area contributed by atoms with Crippen LogP contribution in [-0.2, 0) is 0 Å². The van der Waals surface area contributed by atoms with Crippen LogP contribution >= 0.6 is 0 Å². The van der Waals surface area contributed by atoms with E-state index in [4.69, 9.17) is 18.9 Å². The van der Waals surface area contributed by atoms with Crippen molar-refractivity contribution in [1.82, 2.24) is 9.97 Å². The third-order valence-corrected chi connectivity index (χ3v) is 4.16. The molecule has 0 radical (unpaired) electrons. The van der Waals surface area contributed by atoms with Crippen molar-refractivity contribution in [2.75, 3.05) is 13.2 Å². The van der Waals surface area contributed by atoms with Gasteiger partial charge < -0.3 is 18.9 Å². The lowest BCUT2D eigenvalue weighted by Crippen LogP contribution is -2.07. The van der Waals surface area contributed by atoms with Crippen molar-refractivity contribution in [2.45, 2.75) is 26.7 Å². The van der Waals surface area contributed by atoms with Crippen LogP contribution in [0.4, 0.5) is 0 Å². The molecule has 1 aromatic carbocycles. The van der Waals surface area contributed by atoms with Crippen LogP contribution in [0, 0.1) is 22.7 Å². The van der Waals surface area contributed by atoms with Gasteiger partial charge in [-0.25, -0.2) is 0 Å². The summed E-state index contributed by atoms with van der Waals surface area (Å²) in [5.41, 5.74) is 0.0361. The summed E-state index contributed by atoms with van der Waals surface area (Å²) in [6.45, 7) is 4.49. The number of aromatic nitrogens is 2. The molecule has 8 nitrogen and oxygen atoms in total. The lowest BCUT2D eigenvalue weighted by Gasteiger charge is -2.21. The van der Waals surface area contributed by atoms with E-state index >= 15 is 0 Å². The molecule has 3 aromatic rings. The van der Waals surface area contributed by atoms with Crippen LogP contribution in [0.25, 0.3) is 0 Å². The molecule has 32 heavy (non-hydrogen) atoms. The maximum atomic E-state index is 9.90. The topological polar surface area (TPSA) is 110 Å². The predicted octanol–water partition coefficient (Wildman–Crippen LogP) is 5.38. The SMILES string of the molecule is CCCOc1c(C#N)c(C#N)c(OCCC)c(Oc2cccnc2)c1Oc1cccnc1. The molecule has 0 aliphatic carbocycles. The second-order valence-corrected chi connectivity index (χ2v) is 6.57. The van der Waals surface area contributed by atoms with Gasteiger partial charge >= 0.3 is 0 Å². The third kappa shape index (κ3) is 5.05. The van der Waals surface area contributed by atoms with E-state index in [1.165, 1.54) is 12.4 Å². The lowest BCUT2D eigenvalue weighted by atomic mass is 10.0. The van der Waals surface area contributed by atoms with E-state index in [-0.39, 0.29) is 34.1 Å². The Hall–Kier alpha value is -4.30. The van der Waals surface area contributed by atoms with Gasteiger partial charge in [0.25, 0.3) is 0 Å². The highest BCUT2D eigenvalue weighted by atomic mass is 16.6. The number of pyridine rings is 2. The molecule has 0 fully saturated rings. The van der Waals surface area contributed by atoms with Crippen molar-refractivity contribution in [3.63, 3.8) is 0 Å². The fraction of sp³-hybridized carbons (Fsp3) is 0.250. The molecular formula is C24H22N4O4. The highest BCUT2D eigenvalue weighted by Crippen LogP contribution is 2.52. The Morgan fingerprint density at radius 1 is 0.719 bits per heavy atom. The first kappa shape index (κ1) is 22.4. The van der Waals surface area contributed by atoms with Crippen molar-refractivity contribution < 1.29 is 18.9 Å². The van der Waals surface area contributed by atoms with Crippen LogP contribution in [0.1, 0.15) is 37.8 Å². The standard InChI is InChI=1S/C24H22N4O4/c1-3-11-29-21-19(13-25)20(14-26)22(30-12-4-2)24(32-18-8-6-10-28-16-18)23(21)31-17-7-5-9-27-15-17/h5-10,15-16H,3-4,11-12H2,1-2H3. The van der Waals surface area contributed by atoms with Crippen LogP contribution in [-0.4, -0.2) is 23.2 Å². The molecule has 0 aliphatic heterocycles. The molecule has 0 aliphatic rings. The Balaban J connectivity index is 2.31. The van der Waals surface area contributed by atoms with Crippen molar-refractivity contribution >= 4 is 0 Å². The third-order valence-electron chi connectivity index (χ3n) is 4.16. The molecule has 0 amide bonds. The number of nitrogens with zero attached hydrogens (tertiary/aromatic N) is 4. The summed E-state index contributed by atoms with van der Waals surface area (Å²) >= 11 is 0. The van der Waals surface area contributed by atoms with Crippen LogP contribution < -0.4 is 18.9 Å². The Morgan fingerprint density at radius 3 is 1.47 bits per heavy atom. The smallest absolute Gasteiger partial charge is 0.217 e. The number of hydrogen-bond donors (Lipinski definition) is 0.